The largest absolute Gasteiger partial charge is 0.419 e. The number of amides is 1. The van der Waals surface area contributed by atoms with Crippen molar-refractivity contribution in [2.45, 2.75) is 31.2 Å². The van der Waals surface area contributed by atoms with E-state index in [-0.39, 0.29) is 13.0 Å². The lowest BCUT2D eigenvalue weighted by molar-refractivity contribution is -0.263. The van der Waals surface area contributed by atoms with E-state index in [0.29, 0.717) is 0 Å². The standard InChI is InChI=1S/C9H15F3N2O2/c1-6(13)7(15)14-4-3-8(5-14,16-2)9(10,11)12/h6H,3-5,13H2,1-2H3/t6-,8-/m0/s1. The van der Waals surface area contributed by atoms with Crippen molar-refractivity contribution in [2.24, 2.45) is 5.73 Å². The molecule has 2 atom stereocenters. The van der Waals surface area contributed by atoms with Crippen molar-refractivity contribution >= 4 is 5.91 Å². The molecule has 0 spiro atoms. The van der Waals surface area contributed by atoms with Gasteiger partial charge in [-0.25, -0.2) is 0 Å². The van der Waals surface area contributed by atoms with E-state index in [0.717, 1.165) is 12.0 Å². The molecule has 4 nitrogen and oxygen atoms in total. The van der Waals surface area contributed by atoms with E-state index < -0.39 is 30.3 Å². The second kappa shape index (κ2) is 4.21. The van der Waals surface area contributed by atoms with Crippen LogP contribution in [0.4, 0.5) is 13.2 Å². The zero-order valence-corrected chi connectivity index (χ0v) is 9.17. The highest BCUT2D eigenvalue weighted by Crippen LogP contribution is 2.40. The molecule has 0 aliphatic carbocycles. The number of likely N-dealkylation sites (tertiary alicyclic amines) is 1. The second-order valence-electron chi connectivity index (χ2n) is 3.99. The van der Waals surface area contributed by atoms with Gasteiger partial charge in [0.25, 0.3) is 0 Å². The Hall–Kier alpha value is -0.820. The summed E-state index contributed by atoms with van der Waals surface area (Å²) in [6.07, 6.45) is -4.72. The number of carbonyl (C=O) groups excluding carboxylic acids is 1. The molecule has 1 aliphatic heterocycles. The van der Waals surface area contributed by atoms with Crippen molar-refractivity contribution in [2.75, 3.05) is 20.2 Å². The summed E-state index contributed by atoms with van der Waals surface area (Å²) >= 11 is 0. The Kier molecular flexibility index (Phi) is 3.49. The van der Waals surface area contributed by atoms with Crippen LogP contribution in [0.3, 0.4) is 0 Å². The summed E-state index contributed by atoms with van der Waals surface area (Å²) in [6, 6.07) is -0.791. The Balaban J connectivity index is 2.80. The number of nitrogens with two attached hydrogens (primary N) is 1. The first-order valence-corrected chi connectivity index (χ1v) is 4.90. The molecule has 0 aromatic carbocycles. The van der Waals surface area contributed by atoms with Gasteiger partial charge in [-0.2, -0.15) is 13.2 Å². The van der Waals surface area contributed by atoms with Crippen LogP contribution >= 0.6 is 0 Å². The average Bonchev–Trinajstić information content (AvgIpc) is 2.60. The smallest absolute Gasteiger partial charge is 0.367 e. The van der Waals surface area contributed by atoms with Crippen molar-refractivity contribution < 1.29 is 22.7 Å². The lowest BCUT2D eigenvalue weighted by Gasteiger charge is -2.30. The Morgan fingerprint density at radius 2 is 2.12 bits per heavy atom. The quantitative estimate of drug-likeness (QED) is 0.765. The van der Waals surface area contributed by atoms with Crippen LogP contribution in [0.25, 0.3) is 0 Å². The first-order valence-electron chi connectivity index (χ1n) is 4.90. The van der Waals surface area contributed by atoms with E-state index in [4.69, 9.17) is 5.73 Å². The van der Waals surface area contributed by atoms with Crippen molar-refractivity contribution in [1.82, 2.24) is 4.90 Å². The maximum atomic E-state index is 12.8. The summed E-state index contributed by atoms with van der Waals surface area (Å²) in [6.45, 7) is 0.990. The molecule has 2 N–H and O–H groups in total. The van der Waals surface area contributed by atoms with Gasteiger partial charge in [-0.1, -0.05) is 0 Å². The van der Waals surface area contributed by atoms with Gasteiger partial charge in [0.1, 0.15) is 0 Å². The number of ether oxygens (including phenoxy) is 1. The van der Waals surface area contributed by atoms with Crippen LogP contribution in [0, 0.1) is 0 Å². The van der Waals surface area contributed by atoms with E-state index in [1.54, 1.807) is 0 Å². The molecule has 16 heavy (non-hydrogen) atoms. The van der Waals surface area contributed by atoms with Crippen LogP contribution in [0.2, 0.25) is 0 Å². The van der Waals surface area contributed by atoms with Crippen molar-refractivity contribution in [3.05, 3.63) is 0 Å². The maximum Gasteiger partial charge on any atom is 0.419 e. The molecular formula is C9H15F3N2O2. The van der Waals surface area contributed by atoms with Crippen LogP contribution in [-0.4, -0.2) is 48.8 Å². The molecule has 7 heteroatoms. The first kappa shape index (κ1) is 13.2. The van der Waals surface area contributed by atoms with Crippen LogP contribution in [0.15, 0.2) is 0 Å². The topological polar surface area (TPSA) is 55.6 Å². The van der Waals surface area contributed by atoms with Crippen molar-refractivity contribution in [3.63, 3.8) is 0 Å². The van der Waals surface area contributed by atoms with E-state index in [1.807, 2.05) is 0 Å². The van der Waals surface area contributed by atoms with Crippen molar-refractivity contribution in [3.8, 4) is 0 Å². The van der Waals surface area contributed by atoms with Gasteiger partial charge in [-0.05, 0) is 6.92 Å². The fourth-order valence-electron chi connectivity index (χ4n) is 1.77. The third-order valence-electron chi connectivity index (χ3n) is 2.84. The molecule has 1 aliphatic rings. The monoisotopic (exact) mass is 240 g/mol. The lowest BCUT2D eigenvalue weighted by Crippen LogP contribution is -2.51. The summed E-state index contributed by atoms with van der Waals surface area (Å²) in [5.74, 6) is -0.483. The molecule has 0 unspecified atom stereocenters. The molecule has 0 aromatic rings. The summed E-state index contributed by atoms with van der Waals surface area (Å²) < 4.78 is 42.8. The van der Waals surface area contributed by atoms with Crippen LogP contribution in [-0.2, 0) is 9.53 Å². The highest BCUT2D eigenvalue weighted by Gasteiger charge is 2.59. The number of rotatable bonds is 2. The van der Waals surface area contributed by atoms with E-state index in [2.05, 4.69) is 4.74 Å². The molecule has 1 fully saturated rings. The molecule has 0 saturated carbocycles. The Bertz CT molecular complexity index is 280. The SMILES string of the molecule is CO[C@@]1(C(F)(F)F)CCN(C(=O)[C@H](C)N)C1. The average molecular weight is 240 g/mol. The first-order chi connectivity index (χ1) is 7.23. The Labute approximate surface area is 91.5 Å². The molecule has 0 bridgehead atoms. The summed E-state index contributed by atoms with van der Waals surface area (Å²) in [5, 5.41) is 0. The van der Waals surface area contributed by atoms with Gasteiger partial charge < -0.3 is 15.4 Å². The van der Waals surface area contributed by atoms with Crippen LogP contribution < -0.4 is 5.73 Å². The molecule has 1 saturated heterocycles. The van der Waals surface area contributed by atoms with Gasteiger partial charge in [0.2, 0.25) is 5.91 Å². The summed E-state index contributed by atoms with van der Waals surface area (Å²) in [7, 11) is 1.01. The second-order valence-corrected chi connectivity index (χ2v) is 3.99. The third kappa shape index (κ3) is 2.15. The minimum atomic E-state index is -4.48. The third-order valence-corrected chi connectivity index (χ3v) is 2.84. The minimum Gasteiger partial charge on any atom is -0.367 e. The van der Waals surface area contributed by atoms with E-state index in [9.17, 15) is 18.0 Å². The number of nitrogens with zero attached hydrogens (tertiary/aromatic N) is 1. The van der Waals surface area contributed by atoms with Crippen LogP contribution in [0.5, 0.6) is 0 Å². The number of carbonyl (C=O) groups is 1. The molecule has 1 rings (SSSR count). The molecule has 94 valence electrons. The van der Waals surface area contributed by atoms with E-state index >= 15 is 0 Å². The number of hydrogen-bond donors (Lipinski definition) is 1. The number of hydrogen-bond acceptors (Lipinski definition) is 3. The number of halogens is 3. The normalized spacial score (nSPS) is 28.2. The van der Waals surface area contributed by atoms with Gasteiger partial charge in [-0.15, -0.1) is 0 Å². The van der Waals surface area contributed by atoms with Gasteiger partial charge in [0.05, 0.1) is 12.6 Å². The fraction of sp³-hybridized carbons (Fsp3) is 0.889. The highest BCUT2D eigenvalue weighted by molar-refractivity contribution is 5.81. The maximum absolute atomic E-state index is 12.8. The van der Waals surface area contributed by atoms with Crippen molar-refractivity contribution in [1.29, 1.82) is 0 Å². The highest BCUT2D eigenvalue weighted by atomic mass is 19.4. The number of methoxy groups -OCH3 is 1. The predicted molar refractivity (Wildman–Crippen MR) is 50.6 cm³/mol. The van der Waals surface area contributed by atoms with Gasteiger partial charge in [-0.3, -0.25) is 4.79 Å². The van der Waals surface area contributed by atoms with Crippen LogP contribution in [0.1, 0.15) is 13.3 Å². The Morgan fingerprint density at radius 1 is 1.56 bits per heavy atom. The van der Waals surface area contributed by atoms with Gasteiger partial charge >= 0.3 is 6.18 Å². The fourth-order valence-corrected chi connectivity index (χ4v) is 1.77. The number of alkyl halides is 3. The molecule has 1 heterocycles. The minimum absolute atomic E-state index is 0.0216. The molecular weight excluding hydrogens is 225 g/mol. The summed E-state index contributed by atoms with van der Waals surface area (Å²) in [5.41, 5.74) is 3.10. The zero-order valence-electron chi connectivity index (χ0n) is 9.17. The Morgan fingerprint density at radius 3 is 2.44 bits per heavy atom. The lowest BCUT2D eigenvalue weighted by atomic mass is 10.0. The molecule has 0 aromatic heterocycles. The molecule has 0 radical (unpaired) electrons. The van der Waals surface area contributed by atoms with Gasteiger partial charge in [0.15, 0.2) is 5.60 Å². The molecule has 1 amide bonds. The van der Waals surface area contributed by atoms with E-state index in [1.165, 1.54) is 6.92 Å². The van der Waals surface area contributed by atoms with Gasteiger partial charge in [0, 0.05) is 20.1 Å². The zero-order chi connectivity index (χ0) is 12.6. The predicted octanol–water partition coefficient (Wildman–Crippen LogP) is 0.513. The summed E-state index contributed by atoms with van der Waals surface area (Å²) in [4.78, 5) is 12.6.